The third kappa shape index (κ3) is 4.24. The Hall–Kier alpha value is -2.97. The third-order valence-corrected chi connectivity index (χ3v) is 4.39. The van der Waals surface area contributed by atoms with Gasteiger partial charge in [0.05, 0.1) is 10.6 Å². The minimum atomic E-state index is -0.613. The number of nitro groups is 1. The summed E-state index contributed by atoms with van der Waals surface area (Å²) in [5, 5.41) is 22.2. The van der Waals surface area contributed by atoms with E-state index in [1.807, 2.05) is 12.1 Å². The molecule has 0 spiro atoms. The molecule has 0 saturated heterocycles. The van der Waals surface area contributed by atoms with E-state index in [-0.39, 0.29) is 22.9 Å². The maximum atomic E-state index is 12.3. The van der Waals surface area contributed by atoms with Crippen molar-refractivity contribution in [3.8, 4) is 11.3 Å². The Morgan fingerprint density at radius 3 is 2.59 bits per heavy atom. The van der Waals surface area contributed by atoms with Gasteiger partial charge in [-0.15, -0.1) is 5.10 Å². The van der Waals surface area contributed by atoms with Gasteiger partial charge in [0.25, 0.3) is 5.69 Å². The van der Waals surface area contributed by atoms with E-state index < -0.39 is 10.8 Å². The molecule has 1 N–H and O–H groups in total. The summed E-state index contributed by atoms with van der Waals surface area (Å²) in [6.07, 6.45) is 0. The van der Waals surface area contributed by atoms with E-state index in [4.69, 9.17) is 23.2 Å². The summed E-state index contributed by atoms with van der Waals surface area (Å²) in [6, 6.07) is 11.2. The second-order valence-electron chi connectivity index (χ2n) is 5.66. The minimum absolute atomic E-state index is 0.00211. The summed E-state index contributed by atoms with van der Waals surface area (Å²) < 4.78 is 1.45. The highest BCUT2D eigenvalue weighted by Crippen LogP contribution is 2.27. The first-order chi connectivity index (χ1) is 12.8. The Kier molecular flexibility index (Phi) is 5.38. The van der Waals surface area contributed by atoms with Gasteiger partial charge >= 0.3 is 0 Å². The van der Waals surface area contributed by atoms with E-state index in [0.717, 1.165) is 5.56 Å². The fraction of sp³-hybridized carbons (Fsp3) is 0.118. The lowest BCUT2D eigenvalue weighted by Gasteiger charge is -2.07. The number of hydrogen-bond acceptors (Lipinski definition) is 5. The van der Waals surface area contributed by atoms with E-state index in [9.17, 15) is 14.9 Å². The molecular weight excluding hydrogens is 393 g/mol. The molecule has 3 aromatic rings. The van der Waals surface area contributed by atoms with Crippen molar-refractivity contribution in [2.24, 2.45) is 0 Å². The van der Waals surface area contributed by atoms with Crippen molar-refractivity contribution in [1.29, 1.82) is 0 Å². The predicted octanol–water partition coefficient (Wildman–Crippen LogP) is 4.11. The van der Waals surface area contributed by atoms with E-state index in [1.165, 1.54) is 22.9 Å². The van der Waals surface area contributed by atoms with Crippen molar-refractivity contribution < 1.29 is 9.72 Å². The zero-order valence-electron chi connectivity index (χ0n) is 14.0. The SMILES string of the molecule is Cc1c(-c2ccc(Cl)cc2)nnn1CC(=O)Nc1ccc(Cl)c([N+](=O)[O-])c1. The maximum absolute atomic E-state index is 12.3. The molecule has 0 fully saturated rings. The zero-order chi connectivity index (χ0) is 19.6. The fourth-order valence-corrected chi connectivity index (χ4v) is 2.76. The lowest BCUT2D eigenvalue weighted by atomic mass is 10.1. The first-order valence-corrected chi connectivity index (χ1v) is 8.50. The van der Waals surface area contributed by atoms with Crippen molar-refractivity contribution in [3.63, 3.8) is 0 Å². The van der Waals surface area contributed by atoms with Crippen LogP contribution in [0.15, 0.2) is 42.5 Å². The molecule has 10 heteroatoms. The van der Waals surface area contributed by atoms with Crippen LogP contribution in [-0.2, 0) is 11.3 Å². The van der Waals surface area contributed by atoms with Crippen LogP contribution in [0.4, 0.5) is 11.4 Å². The van der Waals surface area contributed by atoms with Gasteiger partial charge in [-0.1, -0.05) is 40.5 Å². The van der Waals surface area contributed by atoms with Gasteiger partial charge in [-0.25, -0.2) is 4.68 Å². The van der Waals surface area contributed by atoms with Gasteiger partial charge in [-0.2, -0.15) is 0 Å². The quantitative estimate of drug-likeness (QED) is 0.508. The van der Waals surface area contributed by atoms with Gasteiger partial charge in [0, 0.05) is 22.3 Å². The summed E-state index contributed by atoms with van der Waals surface area (Å²) >= 11 is 11.6. The Bertz CT molecular complexity index is 1020. The van der Waals surface area contributed by atoms with E-state index >= 15 is 0 Å². The highest BCUT2D eigenvalue weighted by molar-refractivity contribution is 6.32. The van der Waals surface area contributed by atoms with Crippen LogP contribution in [-0.4, -0.2) is 25.8 Å². The Morgan fingerprint density at radius 1 is 1.22 bits per heavy atom. The van der Waals surface area contributed by atoms with Gasteiger partial charge in [0.2, 0.25) is 5.91 Å². The average molecular weight is 406 g/mol. The van der Waals surface area contributed by atoms with Crippen LogP contribution in [0, 0.1) is 17.0 Å². The number of carbonyl (C=O) groups is 1. The molecule has 0 aliphatic rings. The van der Waals surface area contributed by atoms with Crippen molar-refractivity contribution in [1.82, 2.24) is 15.0 Å². The second kappa shape index (κ2) is 7.73. The van der Waals surface area contributed by atoms with Crippen molar-refractivity contribution in [2.75, 3.05) is 5.32 Å². The summed E-state index contributed by atoms with van der Waals surface area (Å²) in [4.78, 5) is 22.6. The van der Waals surface area contributed by atoms with Crippen molar-refractivity contribution in [2.45, 2.75) is 13.5 Å². The van der Waals surface area contributed by atoms with Crippen LogP contribution in [0.1, 0.15) is 5.69 Å². The van der Waals surface area contributed by atoms with Crippen LogP contribution in [0.2, 0.25) is 10.0 Å². The number of nitrogens with one attached hydrogen (secondary N) is 1. The number of carbonyl (C=O) groups excluding carboxylic acids is 1. The molecule has 3 rings (SSSR count). The van der Waals surface area contributed by atoms with Gasteiger partial charge < -0.3 is 5.32 Å². The van der Waals surface area contributed by atoms with E-state index in [0.29, 0.717) is 16.4 Å². The van der Waals surface area contributed by atoms with Gasteiger partial charge in [-0.3, -0.25) is 14.9 Å². The molecule has 0 saturated carbocycles. The first kappa shape index (κ1) is 18.8. The lowest BCUT2D eigenvalue weighted by molar-refractivity contribution is -0.384. The first-order valence-electron chi connectivity index (χ1n) is 7.75. The summed E-state index contributed by atoms with van der Waals surface area (Å²) in [6.45, 7) is 1.70. The van der Waals surface area contributed by atoms with Crippen LogP contribution in [0.5, 0.6) is 0 Å². The number of anilines is 1. The predicted molar refractivity (Wildman–Crippen MR) is 102 cm³/mol. The summed E-state index contributed by atoms with van der Waals surface area (Å²) in [7, 11) is 0. The number of hydrogen-bond donors (Lipinski definition) is 1. The number of benzene rings is 2. The minimum Gasteiger partial charge on any atom is -0.324 e. The molecule has 0 atom stereocenters. The Labute approximate surface area is 163 Å². The summed E-state index contributed by atoms with van der Waals surface area (Å²) in [5.74, 6) is -0.401. The Balaban J connectivity index is 1.74. The number of amides is 1. The van der Waals surface area contributed by atoms with Crippen molar-refractivity contribution in [3.05, 3.63) is 68.3 Å². The molecule has 0 radical (unpaired) electrons. The van der Waals surface area contributed by atoms with E-state index in [2.05, 4.69) is 15.6 Å². The molecule has 27 heavy (non-hydrogen) atoms. The average Bonchev–Trinajstić information content (AvgIpc) is 2.97. The highest BCUT2D eigenvalue weighted by atomic mass is 35.5. The lowest BCUT2D eigenvalue weighted by Crippen LogP contribution is -2.20. The molecular formula is C17H13Cl2N5O3. The van der Waals surface area contributed by atoms with Gasteiger partial charge in [0.15, 0.2) is 0 Å². The number of nitro benzene ring substituents is 1. The maximum Gasteiger partial charge on any atom is 0.289 e. The number of aromatic nitrogens is 3. The molecule has 0 aliphatic heterocycles. The molecule has 1 heterocycles. The number of halogens is 2. The highest BCUT2D eigenvalue weighted by Gasteiger charge is 2.16. The topological polar surface area (TPSA) is 103 Å². The standard InChI is InChI=1S/C17H13Cl2N5O3/c1-10-17(11-2-4-12(18)5-3-11)21-22-23(10)9-16(25)20-13-6-7-14(19)15(8-13)24(26)27/h2-8H,9H2,1H3,(H,20,25). The van der Waals surface area contributed by atoms with E-state index in [1.54, 1.807) is 19.1 Å². The monoisotopic (exact) mass is 405 g/mol. The molecule has 2 aromatic carbocycles. The summed E-state index contributed by atoms with van der Waals surface area (Å²) in [5.41, 5.74) is 2.16. The van der Waals surface area contributed by atoms with Crippen LogP contribution < -0.4 is 5.32 Å². The molecule has 0 bridgehead atoms. The zero-order valence-corrected chi connectivity index (χ0v) is 15.5. The largest absolute Gasteiger partial charge is 0.324 e. The van der Waals surface area contributed by atoms with Gasteiger partial charge in [0.1, 0.15) is 17.3 Å². The van der Waals surface area contributed by atoms with Gasteiger partial charge in [-0.05, 0) is 31.2 Å². The van der Waals surface area contributed by atoms with Crippen molar-refractivity contribution >= 4 is 40.5 Å². The number of rotatable bonds is 5. The number of nitrogens with zero attached hydrogens (tertiary/aromatic N) is 4. The molecule has 1 amide bonds. The molecule has 8 nitrogen and oxygen atoms in total. The second-order valence-corrected chi connectivity index (χ2v) is 6.50. The molecule has 0 aliphatic carbocycles. The normalized spacial score (nSPS) is 10.6. The third-order valence-electron chi connectivity index (χ3n) is 3.82. The van der Waals surface area contributed by atoms with Crippen LogP contribution in [0.25, 0.3) is 11.3 Å². The smallest absolute Gasteiger partial charge is 0.289 e. The Morgan fingerprint density at radius 2 is 1.93 bits per heavy atom. The molecule has 138 valence electrons. The molecule has 1 aromatic heterocycles. The fourth-order valence-electron chi connectivity index (χ4n) is 2.45. The molecule has 0 unspecified atom stereocenters. The van der Waals surface area contributed by atoms with Crippen LogP contribution in [0.3, 0.4) is 0 Å². The van der Waals surface area contributed by atoms with Crippen LogP contribution >= 0.6 is 23.2 Å².